The fourth-order valence-corrected chi connectivity index (χ4v) is 6.40. The molecule has 4 aliphatic rings. The van der Waals surface area contributed by atoms with Gasteiger partial charge in [0.15, 0.2) is 5.69 Å². The third-order valence-corrected chi connectivity index (χ3v) is 7.41. The zero-order valence-corrected chi connectivity index (χ0v) is 15.6. The second kappa shape index (κ2) is 6.72. The first kappa shape index (κ1) is 16.4. The molecular formula is C20H25N4OS+. The Kier molecular flexibility index (Phi) is 4.23. The molecule has 1 aromatic carbocycles. The van der Waals surface area contributed by atoms with Crippen LogP contribution >= 0.6 is 11.8 Å². The Bertz CT molecular complexity index is 762. The Morgan fingerprint density at radius 2 is 1.81 bits per heavy atom. The molecule has 0 aliphatic heterocycles. The predicted octanol–water partition coefficient (Wildman–Crippen LogP) is 2.72. The van der Waals surface area contributed by atoms with Gasteiger partial charge in [-0.15, -0.1) is 4.68 Å². The first-order chi connectivity index (χ1) is 12.8. The summed E-state index contributed by atoms with van der Waals surface area (Å²) in [6.07, 6.45) is 8.45. The van der Waals surface area contributed by atoms with Crippen molar-refractivity contribution in [3.8, 4) is 5.69 Å². The summed E-state index contributed by atoms with van der Waals surface area (Å²) in [5.41, 5.74) is 1.02. The molecule has 0 spiro atoms. The molecule has 6 rings (SSSR count). The van der Waals surface area contributed by atoms with E-state index in [1.165, 1.54) is 43.9 Å². The van der Waals surface area contributed by atoms with Crippen molar-refractivity contribution in [2.24, 2.45) is 23.7 Å². The SMILES string of the molecule is O=C(CSc1nc[nH][n+]1-c1ccccc1)NC1C2CC3CC(C2)CC1C3. The molecule has 0 radical (unpaired) electrons. The lowest BCUT2D eigenvalue weighted by Crippen LogP contribution is -2.56. The Morgan fingerprint density at radius 1 is 1.12 bits per heavy atom. The summed E-state index contributed by atoms with van der Waals surface area (Å²) in [6, 6.07) is 10.4. The summed E-state index contributed by atoms with van der Waals surface area (Å²) in [5.74, 6) is 3.89. The summed E-state index contributed by atoms with van der Waals surface area (Å²) in [5, 5.41) is 7.32. The number of hydrogen-bond acceptors (Lipinski definition) is 3. The van der Waals surface area contributed by atoms with E-state index < -0.39 is 0 Å². The number of carbonyl (C=O) groups is 1. The van der Waals surface area contributed by atoms with Gasteiger partial charge < -0.3 is 5.32 Å². The molecule has 1 amide bonds. The van der Waals surface area contributed by atoms with Crippen molar-refractivity contribution in [2.45, 2.75) is 43.3 Å². The van der Waals surface area contributed by atoms with Crippen molar-refractivity contribution in [3.63, 3.8) is 0 Å². The number of benzene rings is 1. The maximum absolute atomic E-state index is 12.6. The van der Waals surface area contributed by atoms with Gasteiger partial charge in [0.25, 0.3) is 0 Å². The van der Waals surface area contributed by atoms with Crippen LogP contribution in [0.25, 0.3) is 5.69 Å². The number of thioether (sulfide) groups is 1. The van der Waals surface area contributed by atoms with E-state index in [0.29, 0.717) is 11.8 Å². The Morgan fingerprint density at radius 3 is 2.50 bits per heavy atom. The van der Waals surface area contributed by atoms with Crippen LogP contribution in [0.1, 0.15) is 32.1 Å². The number of hydrogen-bond donors (Lipinski definition) is 2. The molecule has 0 unspecified atom stereocenters. The van der Waals surface area contributed by atoms with E-state index in [-0.39, 0.29) is 5.91 Å². The zero-order chi connectivity index (χ0) is 17.5. The summed E-state index contributed by atoms with van der Waals surface area (Å²) in [7, 11) is 0. The predicted molar refractivity (Wildman–Crippen MR) is 99.8 cm³/mol. The molecule has 2 N–H and O–H groups in total. The van der Waals surface area contributed by atoms with E-state index >= 15 is 0 Å². The van der Waals surface area contributed by atoms with Gasteiger partial charge in [0, 0.05) is 6.04 Å². The summed E-state index contributed by atoms with van der Waals surface area (Å²) in [4.78, 5) is 17.0. The number of H-pyrrole nitrogens is 1. The number of nitrogens with one attached hydrogen (secondary N) is 2. The minimum absolute atomic E-state index is 0.148. The molecule has 2 aromatic rings. The van der Waals surface area contributed by atoms with Gasteiger partial charge in [0.2, 0.25) is 12.2 Å². The van der Waals surface area contributed by atoms with Gasteiger partial charge in [-0.25, -0.2) is 0 Å². The highest BCUT2D eigenvalue weighted by Crippen LogP contribution is 2.53. The molecule has 0 saturated heterocycles. The van der Waals surface area contributed by atoms with Gasteiger partial charge in [-0.1, -0.05) is 18.2 Å². The normalized spacial score (nSPS) is 31.9. The van der Waals surface area contributed by atoms with Crippen LogP contribution in [0.4, 0.5) is 0 Å². The second-order valence-corrected chi connectivity index (χ2v) is 9.10. The smallest absolute Gasteiger partial charge is 0.352 e. The van der Waals surface area contributed by atoms with Crippen LogP contribution in [0.15, 0.2) is 41.8 Å². The van der Waals surface area contributed by atoms with Gasteiger partial charge in [-0.3, -0.25) is 4.79 Å². The van der Waals surface area contributed by atoms with Gasteiger partial charge in [0.1, 0.15) is 0 Å². The van der Waals surface area contributed by atoms with E-state index in [1.54, 1.807) is 6.33 Å². The number of carbonyl (C=O) groups excluding carboxylic acids is 1. The van der Waals surface area contributed by atoms with Gasteiger partial charge in [-0.2, -0.15) is 5.10 Å². The molecule has 1 heterocycles. The van der Waals surface area contributed by atoms with Crippen LogP contribution in [0.3, 0.4) is 0 Å². The van der Waals surface area contributed by atoms with Gasteiger partial charge >= 0.3 is 5.16 Å². The first-order valence-corrected chi connectivity index (χ1v) is 10.7. The third-order valence-electron chi connectivity index (χ3n) is 6.45. The standard InChI is InChI=1S/C20H24N4OS/c25-18(23-19-15-7-13-6-14(9-15)10-16(19)8-13)11-26-20-21-12-22-24(20)17-4-2-1-3-5-17/h1-5,12-16,19H,6-11H2,(H,23,25)/p+1. The van der Waals surface area contributed by atoms with E-state index in [9.17, 15) is 4.79 Å². The number of nitrogens with zero attached hydrogens (tertiary/aromatic N) is 2. The van der Waals surface area contributed by atoms with Crippen LogP contribution in [-0.4, -0.2) is 27.8 Å². The number of para-hydroxylation sites is 1. The van der Waals surface area contributed by atoms with Gasteiger partial charge in [0.05, 0.1) is 5.75 Å². The average Bonchev–Trinajstić information content (AvgIpc) is 3.12. The molecule has 26 heavy (non-hydrogen) atoms. The van der Waals surface area contributed by atoms with Crippen molar-refractivity contribution in [3.05, 3.63) is 36.7 Å². The maximum Gasteiger partial charge on any atom is 0.385 e. The highest BCUT2D eigenvalue weighted by Gasteiger charge is 2.48. The molecule has 1 aromatic heterocycles. The van der Waals surface area contributed by atoms with Crippen LogP contribution in [-0.2, 0) is 4.79 Å². The van der Waals surface area contributed by atoms with E-state index in [0.717, 1.165) is 34.5 Å². The van der Waals surface area contributed by atoms with Crippen molar-refractivity contribution in [1.29, 1.82) is 0 Å². The number of aromatic nitrogens is 3. The Balaban J connectivity index is 1.21. The summed E-state index contributed by atoms with van der Waals surface area (Å²) in [6.45, 7) is 0. The lowest BCUT2D eigenvalue weighted by molar-refractivity contribution is -0.694. The van der Waals surface area contributed by atoms with Crippen LogP contribution in [0.5, 0.6) is 0 Å². The molecule has 4 bridgehead atoms. The molecule has 6 heteroatoms. The molecular weight excluding hydrogens is 344 g/mol. The van der Waals surface area contributed by atoms with E-state index in [4.69, 9.17) is 0 Å². The monoisotopic (exact) mass is 369 g/mol. The fraction of sp³-hybridized carbons (Fsp3) is 0.550. The topological polar surface area (TPSA) is 61.7 Å². The Labute approximate surface area is 158 Å². The summed E-state index contributed by atoms with van der Waals surface area (Å²) < 4.78 is 1.92. The third kappa shape index (κ3) is 3.04. The molecule has 5 nitrogen and oxygen atoms in total. The molecule has 4 saturated carbocycles. The fourth-order valence-electron chi connectivity index (χ4n) is 5.64. The van der Waals surface area contributed by atoms with E-state index in [2.05, 4.69) is 15.4 Å². The lowest BCUT2D eigenvalue weighted by atomic mass is 9.54. The number of amides is 1. The largest absolute Gasteiger partial charge is 0.385 e. The van der Waals surface area contributed by atoms with Crippen molar-refractivity contribution >= 4 is 17.7 Å². The first-order valence-electron chi connectivity index (χ1n) is 9.69. The molecule has 136 valence electrons. The number of rotatable bonds is 5. The highest BCUT2D eigenvalue weighted by atomic mass is 32.2. The summed E-state index contributed by atoms with van der Waals surface area (Å²) >= 11 is 1.49. The highest BCUT2D eigenvalue weighted by molar-refractivity contribution is 7.99. The van der Waals surface area contributed by atoms with E-state index in [1.807, 2.05) is 35.0 Å². The van der Waals surface area contributed by atoms with Crippen molar-refractivity contribution in [1.82, 2.24) is 15.4 Å². The quantitative estimate of drug-likeness (QED) is 0.629. The second-order valence-electron chi connectivity index (χ2n) is 8.15. The number of aromatic amines is 1. The molecule has 0 atom stereocenters. The van der Waals surface area contributed by atoms with Crippen LogP contribution < -0.4 is 10.00 Å². The average molecular weight is 370 g/mol. The minimum Gasteiger partial charge on any atom is -0.352 e. The van der Waals surface area contributed by atoms with Crippen LogP contribution in [0, 0.1) is 23.7 Å². The lowest BCUT2D eigenvalue weighted by Gasteiger charge is -2.54. The van der Waals surface area contributed by atoms with Crippen LogP contribution in [0.2, 0.25) is 0 Å². The van der Waals surface area contributed by atoms with Crippen molar-refractivity contribution < 1.29 is 9.48 Å². The zero-order valence-electron chi connectivity index (χ0n) is 14.8. The minimum atomic E-state index is 0.148. The molecule has 4 fully saturated rings. The molecule has 4 aliphatic carbocycles. The van der Waals surface area contributed by atoms with Crippen molar-refractivity contribution in [2.75, 3.05) is 5.75 Å². The van der Waals surface area contributed by atoms with Gasteiger partial charge in [-0.05, 0) is 84.7 Å². The maximum atomic E-state index is 12.6. The Hall–Kier alpha value is -1.82.